The number of piperazine rings is 1. The van der Waals surface area contributed by atoms with Crippen molar-refractivity contribution < 1.29 is 24.2 Å². The molecule has 2 atom stereocenters. The molecular weight excluding hydrogens is 348 g/mol. The van der Waals surface area contributed by atoms with Crippen molar-refractivity contribution in [2.24, 2.45) is 0 Å². The van der Waals surface area contributed by atoms with E-state index in [9.17, 15) is 14.7 Å². The third-order valence-electron chi connectivity index (χ3n) is 4.37. The molecule has 0 saturated carbocycles. The first-order valence-electron chi connectivity index (χ1n) is 9.29. The Bertz CT molecular complexity index is 629. The van der Waals surface area contributed by atoms with Gasteiger partial charge in [-0.15, -0.1) is 0 Å². The number of nitrogens with zero attached hydrogens (tertiary/aromatic N) is 2. The first-order valence-corrected chi connectivity index (χ1v) is 9.29. The summed E-state index contributed by atoms with van der Waals surface area (Å²) in [5.74, 6) is 0. The zero-order valence-electron chi connectivity index (χ0n) is 16.6. The molecule has 1 heterocycles. The Balaban J connectivity index is 1.91. The number of ether oxygens (including phenoxy) is 2. The van der Waals surface area contributed by atoms with Gasteiger partial charge in [0.05, 0.1) is 25.3 Å². The number of rotatable bonds is 4. The summed E-state index contributed by atoms with van der Waals surface area (Å²) in [6.45, 7) is 7.77. The van der Waals surface area contributed by atoms with E-state index in [2.05, 4.69) is 0 Å². The first-order chi connectivity index (χ1) is 12.7. The van der Waals surface area contributed by atoms with Crippen molar-refractivity contribution in [3.63, 3.8) is 0 Å². The van der Waals surface area contributed by atoms with Gasteiger partial charge < -0.3 is 19.5 Å². The standard InChI is InChI=1S/C20H30N2O5/c1-15-12-22(18(24)26-11-10-16-8-6-5-7-9-16)17(14-23)13-21(15)19(25)27-20(2,3)4/h5-9,15,17,23H,10-14H2,1-4H3/t15-,17-/m1/s1. The molecule has 1 N–H and O–H groups in total. The van der Waals surface area contributed by atoms with Gasteiger partial charge in [0.15, 0.2) is 0 Å². The van der Waals surface area contributed by atoms with E-state index in [0.717, 1.165) is 5.56 Å². The van der Waals surface area contributed by atoms with Gasteiger partial charge in [0, 0.05) is 19.5 Å². The molecule has 2 amide bonds. The van der Waals surface area contributed by atoms with Crippen LogP contribution in [0.4, 0.5) is 9.59 Å². The maximum absolute atomic E-state index is 12.5. The summed E-state index contributed by atoms with van der Waals surface area (Å²) >= 11 is 0. The molecule has 0 bridgehead atoms. The minimum Gasteiger partial charge on any atom is -0.449 e. The molecule has 2 rings (SSSR count). The van der Waals surface area contributed by atoms with Crippen molar-refractivity contribution in [2.45, 2.75) is 51.8 Å². The molecule has 1 aliphatic rings. The summed E-state index contributed by atoms with van der Waals surface area (Å²) in [6.07, 6.45) is -0.282. The van der Waals surface area contributed by atoms with Gasteiger partial charge in [-0.3, -0.25) is 4.90 Å². The highest BCUT2D eigenvalue weighted by Crippen LogP contribution is 2.20. The maximum atomic E-state index is 12.5. The summed E-state index contributed by atoms with van der Waals surface area (Å²) in [5, 5.41) is 9.70. The van der Waals surface area contributed by atoms with E-state index in [4.69, 9.17) is 9.47 Å². The number of hydrogen-bond acceptors (Lipinski definition) is 5. The molecule has 7 nitrogen and oxygen atoms in total. The predicted molar refractivity (Wildman–Crippen MR) is 101 cm³/mol. The zero-order valence-corrected chi connectivity index (χ0v) is 16.6. The molecule has 27 heavy (non-hydrogen) atoms. The van der Waals surface area contributed by atoms with Gasteiger partial charge in [0.1, 0.15) is 5.60 Å². The Morgan fingerprint density at radius 2 is 1.78 bits per heavy atom. The number of hydrogen-bond donors (Lipinski definition) is 1. The van der Waals surface area contributed by atoms with E-state index in [0.29, 0.717) is 6.42 Å². The largest absolute Gasteiger partial charge is 0.449 e. The van der Waals surface area contributed by atoms with Crippen molar-refractivity contribution in [3.05, 3.63) is 35.9 Å². The molecule has 0 unspecified atom stereocenters. The fourth-order valence-corrected chi connectivity index (χ4v) is 2.98. The second kappa shape index (κ2) is 9.08. The van der Waals surface area contributed by atoms with Crippen LogP contribution in [0.3, 0.4) is 0 Å². The van der Waals surface area contributed by atoms with Gasteiger partial charge in [-0.25, -0.2) is 9.59 Å². The van der Waals surface area contributed by atoms with Crippen LogP contribution in [0.25, 0.3) is 0 Å². The van der Waals surface area contributed by atoms with E-state index in [1.807, 2.05) is 37.3 Å². The van der Waals surface area contributed by atoms with Crippen LogP contribution >= 0.6 is 0 Å². The molecule has 1 aromatic carbocycles. The van der Waals surface area contributed by atoms with Crippen LogP contribution in [-0.4, -0.2) is 71.1 Å². The molecular formula is C20H30N2O5. The Hall–Kier alpha value is -2.28. The second-order valence-electron chi connectivity index (χ2n) is 7.82. The highest BCUT2D eigenvalue weighted by atomic mass is 16.6. The van der Waals surface area contributed by atoms with Crippen LogP contribution in [0, 0.1) is 0 Å². The zero-order chi connectivity index (χ0) is 20.0. The van der Waals surface area contributed by atoms with Crippen LogP contribution in [0.15, 0.2) is 30.3 Å². The topological polar surface area (TPSA) is 79.3 Å². The Morgan fingerprint density at radius 1 is 1.11 bits per heavy atom. The monoisotopic (exact) mass is 378 g/mol. The molecule has 1 aromatic rings. The lowest BCUT2D eigenvalue weighted by Gasteiger charge is -2.44. The highest BCUT2D eigenvalue weighted by Gasteiger charge is 2.38. The minimum absolute atomic E-state index is 0.209. The van der Waals surface area contributed by atoms with Crippen molar-refractivity contribution in [2.75, 3.05) is 26.3 Å². The SMILES string of the molecule is C[C@@H]1CN(C(=O)OCCc2ccccc2)[C@@H](CO)CN1C(=O)OC(C)(C)C. The number of aliphatic hydroxyl groups excluding tert-OH is 1. The van der Waals surface area contributed by atoms with E-state index in [1.54, 1.807) is 25.7 Å². The van der Waals surface area contributed by atoms with Crippen LogP contribution < -0.4 is 0 Å². The van der Waals surface area contributed by atoms with Crippen molar-refractivity contribution in [3.8, 4) is 0 Å². The van der Waals surface area contributed by atoms with Gasteiger partial charge in [-0.1, -0.05) is 30.3 Å². The fourth-order valence-electron chi connectivity index (χ4n) is 2.98. The van der Waals surface area contributed by atoms with Crippen molar-refractivity contribution >= 4 is 12.2 Å². The summed E-state index contributed by atoms with van der Waals surface area (Å²) in [7, 11) is 0. The number of carbonyl (C=O) groups excluding carboxylic acids is 2. The van der Waals surface area contributed by atoms with E-state index < -0.39 is 23.8 Å². The smallest absolute Gasteiger partial charge is 0.410 e. The van der Waals surface area contributed by atoms with E-state index in [1.165, 1.54) is 4.90 Å². The lowest BCUT2D eigenvalue weighted by molar-refractivity contribution is -0.0215. The lowest BCUT2D eigenvalue weighted by Crippen LogP contribution is -2.62. The summed E-state index contributed by atoms with van der Waals surface area (Å²) < 4.78 is 10.8. The molecule has 1 fully saturated rings. The molecule has 1 aliphatic heterocycles. The van der Waals surface area contributed by atoms with Crippen LogP contribution in [0.5, 0.6) is 0 Å². The highest BCUT2D eigenvalue weighted by molar-refractivity contribution is 5.71. The van der Waals surface area contributed by atoms with Gasteiger partial charge in [0.2, 0.25) is 0 Å². The molecule has 0 aliphatic carbocycles. The number of amides is 2. The molecule has 0 spiro atoms. The molecule has 0 radical (unpaired) electrons. The van der Waals surface area contributed by atoms with E-state index >= 15 is 0 Å². The first kappa shape index (κ1) is 21.0. The van der Waals surface area contributed by atoms with Gasteiger partial charge in [-0.05, 0) is 33.3 Å². The minimum atomic E-state index is -0.598. The van der Waals surface area contributed by atoms with Crippen LogP contribution in [0.1, 0.15) is 33.3 Å². The Morgan fingerprint density at radius 3 is 2.37 bits per heavy atom. The third-order valence-corrected chi connectivity index (χ3v) is 4.37. The number of carbonyl (C=O) groups is 2. The van der Waals surface area contributed by atoms with Gasteiger partial charge >= 0.3 is 12.2 Å². The number of benzene rings is 1. The van der Waals surface area contributed by atoms with E-state index in [-0.39, 0.29) is 32.3 Å². The summed E-state index contributed by atoms with van der Waals surface area (Å²) in [6, 6.07) is 9.03. The number of aliphatic hydroxyl groups is 1. The van der Waals surface area contributed by atoms with Crippen LogP contribution in [-0.2, 0) is 15.9 Å². The summed E-state index contributed by atoms with van der Waals surface area (Å²) in [5.41, 5.74) is 0.492. The molecule has 0 aromatic heterocycles. The average Bonchev–Trinajstić information content (AvgIpc) is 2.60. The average molecular weight is 378 g/mol. The molecule has 1 saturated heterocycles. The summed E-state index contributed by atoms with van der Waals surface area (Å²) in [4.78, 5) is 27.9. The second-order valence-corrected chi connectivity index (χ2v) is 7.82. The molecule has 150 valence electrons. The van der Waals surface area contributed by atoms with Crippen molar-refractivity contribution in [1.29, 1.82) is 0 Å². The normalized spacial score (nSPS) is 20.3. The lowest BCUT2D eigenvalue weighted by atomic mass is 10.1. The van der Waals surface area contributed by atoms with Crippen molar-refractivity contribution in [1.82, 2.24) is 9.80 Å². The van der Waals surface area contributed by atoms with Gasteiger partial charge in [-0.2, -0.15) is 0 Å². The third kappa shape index (κ3) is 6.13. The predicted octanol–water partition coefficient (Wildman–Crippen LogP) is 2.67. The maximum Gasteiger partial charge on any atom is 0.410 e. The fraction of sp³-hybridized carbons (Fsp3) is 0.600. The van der Waals surface area contributed by atoms with Gasteiger partial charge in [0.25, 0.3) is 0 Å². The molecule has 7 heteroatoms. The Labute approximate surface area is 160 Å². The van der Waals surface area contributed by atoms with Crippen LogP contribution in [0.2, 0.25) is 0 Å². The Kier molecular flexibility index (Phi) is 7.07. The quantitative estimate of drug-likeness (QED) is 0.871.